The topological polar surface area (TPSA) is 40.6 Å². The summed E-state index contributed by atoms with van der Waals surface area (Å²) in [5.41, 5.74) is 0. The minimum absolute atomic E-state index is 0.172. The van der Waals surface area contributed by atoms with E-state index in [1.807, 2.05) is 11.3 Å². The summed E-state index contributed by atoms with van der Waals surface area (Å²) >= 11 is 1.90. The highest BCUT2D eigenvalue weighted by atomic mass is 32.2. The van der Waals surface area contributed by atoms with Gasteiger partial charge in [-0.05, 0) is 37.4 Å². The highest BCUT2D eigenvalue weighted by Gasteiger charge is 2.46. The largest absolute Gasteiger partial charge is 0.297 e. The van der Waals surface area contributed by atoms with Gasteiger partial charge in [0.2, 0.25) is 0 Å². The molecule has 0 aromatic carbocycles. The first-order valence-corrected chi connectivity index (χ1v) is 11.8. The van der Waals surface area contributed by atoms with Crippen molar-refractivity contribution < 1.29 is 8.42 Å². The smallest absolute Gasteiger partial charge is 0.153 e. The van der Waals surface area contributed by atoms with E-state index in [2.05, 4.69) is 42.7 Å². The van der Waals surface area contributed by atoms with Crippen molar-refractivity contribution in [1.29, 1.82) is 0 Å². The minimum Gasteiger partial charge on any atom is -0.297 e. The van der Waals surface area contributed by atoms with Crippen molar-refractivity contribution in [3.63, 3.8) is 0 Å². The van der Waals surface area contributed by atoms with Crippen molar-refractivity contribution in [2.75, 3.05) is 31.1 Å². The van der Waals surface area contributed by atoms with E-state index in [4.69, 9.17) is 0 Å². The van der Waals surface area contributed by atoms with Gasteiger partial charge < -0.3 is 0 Å². The monoisotopic (exact) mass is 370 g/mol. The lowest BCUT2D eigenvalue weighted by Crippen LogP contribution is -2.58. The van der Waals surface area contributed by atoms with Gasteiger partial charge in [-0.1, -0.05) is 20.8 Å². The van der Waals surface area contributed by atoms with Gasteiger partial charge in [0, 0.05) is 41.5 Å². The first-order valence-electron chi connectivity index (χ1n) is 9.14. The average Bonchev–Trinajstić information content (AvgIpc) is 3.04. The number of thiophene rings is 1. The quantitative estimate of drug-likeness (QED) is 0.772. The molecule has 0 aliphatic carbocycles. The van der Waals surface area contributed by atoms with Gasteiger partial charge in [-0.2, -0.15) is 0 Å². The van der Waals surface area contributed by atoms with Crippen molar-refractivity contribution in [2.24, 2.45) is 5.92 Å². The van der Waals surface area contributed by atoms with Crippen LogP contribution in [0.25, 0.3) is 0 Å². The molecule has 1 aromatic rings. The Bertz CT molecular complexity index is 654. The molecular formula is C18H30N2O2S2. The normalized spacial score (nSPS) is 27.7. The molecule has 0 spiro atoms. The van der Waals surface area contributed by atoms with Crippen LogP contribution in [0.1, 0.15) is 36.9 Å². The molecule has 0 bridgehead atoms. The van der Waals surface area contributed by atoms with Crippen molar-refractivity contribution in [3.05, 3.63) is 21.9 Å². The minimum atomic E-state index is -2.90. The lowest BCUT2D eigenvalue weighted by atomic mass is 10.0. The van der Waals surface area contributed by atoms with Crippen molar-refractivity contribution in [1.82, 2.24) is 9.80 Å². The van der Waals surface area contributed by atoms with E-state index in [0.29, 0.717) is 17.4 Å². The molecule has 4 nitrogen and oxygen atoms in total. The van der Waals surface area contributed by atoms with E-state index in [9.17, 15) is 8.42 Å². The van der Waals surface area contributed by atoms with E-state index in [0.717, 1.165) is 39.0 Å². The van der Waals surface area contributed by atoms with Crippen LogP contribution in [0.2, 0.25) is 0 Å². The maximum Gasteiger partial charge on any atom is 0.153 e. The fourth-order valence-electron chi connectivity index (χ4n) is 4.08. The predicted octanol–water partition coefficient (Wildman–Crippen LogP) is 2.64. The highest BCUT2D eigenvalue weighted by molar-refractivity contribution is 7.91. The van der Waals surface area contributed by atoms with Crippen LogP contribution < -0.4 is 0 Å². The van der Waals surface area contributed by atoms with Gasteiger partial charge in [0.15, 0.2) is 9.84 Å². The number of nitrogens with zero attached hydrogens (tertiary/aromatic N) is 2. The summed E-state index contributed by atoms with van der Waals surface area (Å²) in [5.74, 6) is 1.36. The standard InChI is InChI=1S/C18H30N2O2S2/c1-4-7-19-8-9-20(18-13-24(21,22)12-17(18)19)11-16-6-5-15(23-16)10-14(2)3/h5-6,14,17-18H,4,7-13H2,1-3H3/t17-,18+/m1/s1. The van der Waals surface area contributed by atoms with Crippen LogP contribution >= 0.6 is 11.3 Å². The maximum absolute atomic E-state index is 12.2. The zero-order valence-electron chi connectivity index (χ0n) is 15.1. The Labute approximate surface area is 150 Å². The molecule has 0 N–H and O–H groups in total. The third-order valence-electron chi connectivity index (χ3n) is 5.10. The van der Waals surface area contributed by atoms with Crippen LogP contribution in [-0.2, 0) is 22.8 Å². The Kier molecular flexibility index (Phi) is 5.69. The number of piperazine rings is 1. The van der Waals surface area contributed by atoms with E-state index in [-0.39, 0.29) is 12.1 Å². The molecule has 0 amide bonds. The molecule has 2 saturated heterocycles. The van der Waals surface area contributed by atoms with Gasteiger partial charge in [-0.25, -0.2) is 8.42 Å². The third kappa shape index (κ3) is 4.21. The Hall–Kier alpha value is -0.430. The summed E-state index contributed by atoms with van der Waals surface area (Å²) in [6.45, 7) is 10.6. The maximum atomic E-state index is 12.2. The molecule has 2 fully saturated rings. The fraction of sp³-hybridized carbons (Fsp3) is 0.778. The van der Waals surface area contributed by atoms with Gasteiger partial charge in [0.05, 0.1) is 11.5 Å². The Balaban J connectivity index is 1.71. The lowest BCUT2D eigenvalue weighted by molar-refractivity contribution is 0.0412. The molecule has 1 aromatic heterocycles. The van der Waals surface area contributed by atoms with Gasteiger partial charge in [0.1, 0.15) is 0 Å². The predicted molar refractivity (Wildman–Crippen MR) is 101 cm³/mol. The molecule has 24 heavy (non-hydrogen) atoms. The molecule has 6 heteroatoms. The number of fused-ring (bicyclic) bond motifs is 1. The molecule has 3 heterocycles. The summed E-state index contributed by atoms with van der Waals surface area (Å²) in [7, 11) is -2.90. The van der Waals surface area contributed by atoms with Crippen molar-refractivity contribution in [3.8, 4) is 0 Å². The zero-order valence-corrected chi connectivity index (χ0v) is 16.7. The van der Waals surface area contributed by atoms with E-state index in [1.54, 1.807) is 0 Å². The third-order valence-corrected chi connectivity index (χ3v) is 7.89. The van der Waals surface area contributed by atoms with Crippen LogP contribution in [0.3, 0.4) is 0 Å². The molecule has 3 rings (SSSR count). The number of hydrogen-bond acceptors (Lipinski definition) is 5. The number of rotatable bonds is 6. The summed E-state index contributed by atoms with van der Waals surface area (Å²) < 4.78 is 24.4. The second-order valence-electron chi connectivity index (χ2n) is 7.68. The van der Waals surface area contributed by atoms with E-state index in [1.165, 1.54) is 9.75 Å². The molecule has 0 unspecified atom stereocenters. The second-order valence-corrected chi connectivity index (χ2v) is 11.1. The van der Waals surface area contributed by atoms with Crippen LogP contribution in [0, 0.1) is 5.92 Å². The van der Waals surface area contributed by atoms with E-state index >= 15 is 0 Å². The van der Waals surface area contributed by atoms with Crippen LogP contribution in [-0.4, -0.2) is 61.4 Å². The van der Waals surface area contributed by atoms with Crippen LogP contribution in [0.4, 0.5) is 0 Å². The molecule has 2 aliphatic rings. The van der Waals surface area contributed by atoms with Gasteiger partial charge in [-0.15, -0.1) is 11.3 Å². The molecule has 0 saturated carbocycles. The summed E-state index contributed by atoms with van der Waals surface area (Å²) in [6.07, 6.45) is 2.22. The Morgan fingerprint density at radius 2 is 1.75 bits per heavy atom. The molecular weight excluding hydrogens is 340 g/mol. The van der Waals surface area contributed by atoms with Gasteiger partial charge in [-0.3, -0.25) is 9.80 Å². The molecule has 2 aliphatic heterocycles. The summed E-state index contributed by atoms with van der Waals surface area (Å²) in [4.78, 5) is 7.65. The van der Waals surface area contributed by atoms with Gasteiger partial charge in [0.25, 0.3) is 0 Å². The first-order chi connectivity index (χ1) is 11.4. The van der Waals surface area contributed by atoms with E-state index < -0.39 is 9.84 Å². The SMILES string of the molecule is CCCN1CCN(Cc2ccc(CC(C)C)s2)[C@H]2CS(=O)(=O)C[C@H]21. The van der Waals surface area contributed by atoms with Gasteiger partial charge >= 0.3 is 0 Å². The number of hydrogen-bond donors (Lipinski definition) is 0. The number of sulfone groups is 1. The summed E-state index contributed by atoms with van der Waals surface area (Å²) in [5, 5.41) is 0. The fourth-order valence-corrected chi connectivity index (χ4v) is 7.38. The molecule has 0 radical (unpaired) electrons. The second kappa shape index (κ2) is 7.44. The average molecular weight is 371 g/mol. The van der Waals surface area contributed by atoms with Crippen LogP contribution in [0.15, 0.2) is 12.1 Å². The lowest BCUT2D eigenvalue weighted by Gasteiger charge is -2.43. The van der Waals surface area contributed by atoms with Crippen molar-refractivity contribution >= 4 is 21.2 Å². The van der Waals surface area contributed by atoms with Crippen LogP contribution in [0.5, 0.6) is 0 Å². The summed E-state index contributed by atoms with van der Waals surface area (Å²) in [6, 6.07) is 4.85. The zero-order chi connectivity index (χ0) is 17.3. The highest BCUT2D eigenvalue weighted by Crippen LogP contribution is 2.30. The van der Waals surface area contributed by atoms with Crippen molar-refractivity contribution in [2.45, 2.75) is 52.2 Å². The Morgan fingerprint density at radius 1 is 1.12 bits per heavy atom. The molecule has 136 valence electrons. The molecule has 2 atom stereocenters. The Morgan fingerprint density at radius 3 is 2.42 bits per heavy atom. The first kappa shape index (κ1) is 18.4.